The third-order valence-electron chi connectivity index (χ3n) is 3.60. The number of ether oxygens (including phenoxy) is 2. The smallest absolute Gasteiger partial charge is 0.211 e. The maximum absolute atomic E-state index is 12.8. The lowest BCUT2D eigenvalue weighted by molar-refractivity contribution is 0.103. The number of aromatic nitrogens is 1. The zero-order valence-corrected chi connectivity index (χ0v) is 13.2. The Kier molecular flexibility index (Phi) is 4.28. The molecule has 0 aliphatic carbocycles. The van der Waals surface area contributed by atoms with E-state index < -0.39 is 0 Å². The Morgan fingerprint density at radius 3 is 2.74 bits per heavy atom. The van der Waals surface area contributed by atoms with E-state index in [1.165, 1.54) is 0 Å². The second kappa shape index (κ2) is 6.52. The molecule has 3 rings (SSSR count). The number of methoxy groups -OCH3 is 1. The normalized spacial score (nSPS) is 13.5. The van der Waals surface area contributed by atoms with E-state index >= 15 is 0 Å². The summed E-state index contributed by atoms with van der Waals surface area (Å²) in [6.07, 6.45) is 3.74. The SMILES string of the molecule is CCOC1=NC(C(=O)c2ccc(OC)cc2)=Cc2cccn2C1. The van der Waals surface area contributed by atoms with Crippen molar-refractivity contribution in [1.82, 2.24) is 4.57 Å². The van der Waals surface area contributed by atoms with Crippen molar-refractivity contribution in [3.8, 4) is 5.75 Å². The summed E-state index contributed by atoms with van der Waals surface area (Å²) in [6.45, 7) is 2.93. The first-order chi connectivity index (χ1) is 11.2. The Morgan fingerprint density at radius 2 is 2.04 bits per heavy atom. The number of aliphatic imine (C=N–C) groups is 1. The molecule has 23 heavy (non-hydrogen) atoms. The summed E-state index contributed by atoms with van der Waals surface area (Å²) in [5, 5.41) is 0. The van der Waals surface area contributed by atoms with Gasteiger partial charge < -0.3 is 14.0 Å². The van der Waals surface area contributed by atoms with Crippen LogP contribution in [-0.4, -0.2) is 30.0 Å². The van der Waals surface area contributed by atoms with Gasteiger partial charge in [-0.3, -0.25) is 4.79 Å². The summed E-state index contributed by atoms with van der Waals surface area (Å²) in [5.74, 6) is 1.11. The molecule has 0 atom stereocenters. The summed E-state index contributed by atoms with van der Waals surface area (Å²) in [4.78, 5) is 17.2. The van der Waals surface area contributed by atoms with Crippen LogP contribution in [0.4, 0.5) is 0 Å². The molecule has 0 bridgehead atoms. The predicted octanol–water partition coefficient (Wildman–Crippen LogP) is 3.17. The minimum absolute atomic E-state index is 0.139. The number of carbonyl (C=O) groups is 1. The molecule has 1 aromatic carbocycles. The van der Waals surface area contributed by atoms with Crippen LogP contribution in [-0.2, 0) is 11.3 Å². The van der Waals surface area contributed by atoms with Crippen LogP contribution >= 0.6 is 0 Å². The molecule has 0 saturated heterocycles. The van der Waals surface area contributed by atoms with Gasteiger partial charge in [0.05, 0.1) is 20.3 Å². The first-order valence-corrected chi connectivity index (χ1v) is 7.47. The number of carbonyl (C=O) groups excluding carboxylic acids is 1. The van der Waals surface area contributed by atoms with Crippen LogP contribution in [0.2, 0.25) is 0 Å². The molecule has 1 aromatic heterocycles. The topological polar surface area (TPSA) is 52.8 Å². The highest BCUT2D eigenvalue weighted by atomic mass is 16.5. The average Bonchev–Trinajstić information content (AvgIpc) is 2.93. The van der Waals surface area contributed by atoms with Crippen molar-refractivity contribution in [3.63, 3.8) is 0 Å². The quantitative estimate of drug-likeness (QED) is 0.815. The third-order valence-corrected chi connectivity index (χ3v) is 3.60. The van der Waals surface area contributed by atoms with Gasteiger partial charge in [0.25, 0.3) is 0 Å². The Hall–Kier alpha value is -2.82. The zero-order chi connectivity index (χ0) is 16.2. The van der Waals surface area contributed by atoms with Crippen molar-refractivity contribution in [2.24, 2.45) is 4.99 Å². The van der Waals surface area contributed by atoms with Crippen molar-refractivity contribution in [3.05, 3.63) is 59.5 Å². The van der Waals surface area contributed by atoms with Crippen molar-refractivity contribution in [2.45, 2.75) is 13.5 Å². The third kappa shape index (κ3) is 3.18. The van der Waals surface area contributed by atoms with E-state index in [-0.39, 0.29) is 5.78 Å². The van der Waals surface area contributed by atoms with Gasteiger partial charge in [-0.2, -0.15) is 0 Å². The highest BCUT2D eigenvalue weighted by molar-refractivity contribution is 6.12. The fraction of sp³-hybridized carbons (Fsp3) is 0.222. The van der Waals surface area contributed by atoms with E-state index in [0.717, 1.165) is 5.69 Å². The van der Waals surface area contributed by atoms with Gasteiger partial charge in [0.1, 0.15) is 11.4 Å². The number of ketones is 1. The van der Waals surface area contributed by atoms with Crippen molar-refractivity contribution in [1.29, 1.82) is 0 Å². The Labute approximate surface area is 134 Å². The molecular weight excluding hydrogens is 292 g/mol. The number of fused-ring (bicyclic) bond motifs is 1. The number of Topliss-reactive ketones (excluding diaryl/α,β-unsaturated/α-hetero) is 1. The first kappa shape index (κ1) is 15.1. The highest BCUT2D eigenvalue weighted by Gasteiger charge is 2.18. The molecule has 0 N–H and O–H groups in total. The predicted molar refractivity (Wildman–Crippen MR) is 88.8 cm³/mol. The van der Waals surface area contributed by atoms with Crippen molar-refractivity contribution >= 4 is 17.8 Å². The Balaban J connectivity index is 1.97. The molecule has 0 unspecified atom stereocenters. The second-order valence-corrected chi connectivity index (χ2v) is 5.09. The largest absolute Gasteiger partial charge is 0.497 e. The van der Waals surface area contributed by atoms with Gasteiger partial charge in [0, 0.05) is 17.5 Å². The van der Waals surface area contributed by atoms with Gasteiger partial charge in [0.15, 0.2) is 0 Å². The zero-order valence-electron chi connectivity index (χ0n) is 13.2. The van der Waals surface area contributed by atoms with Crippen molar-refractivity contribution in [2.75, 3.05) is 13.7 Å². The monoisotopic (exact) mass is 310 g/mol. The van der Waals surface area contributed by atoms with Crippen LogP contribution in [0.3, 0.4) is 0 Å². The van der Waals surface area contributed by atoms with E-state index in [9.17, 15) is 4.79 Å². The Bertz CT molecular complexity index is 770. The molecule has 0 radical (unpaired) electrons. The van der Waals surface area contributed by atoms with Gasteiger partial charge in [-0.15, -0.1) is 0 Å². The van der Waals surface area contributed by atoms with Crippen LogP contribution in [0.5, 0.6) is 5.75 Å². The number of nitrogens with zero attached hydrogens (tertiary/aromatic N) is 2. The molecule has 5 heteroatoms. The molecule has 0 fully saturated rings. The molecule has 0 amide bonds. The van der Waals surface area contributed by atoms with E-state index in [1.807, 2.05) is 29.8 Å². The standard InChI is InChI=1S/C18H18N2O3/c1-3-23-17-12-20-10-4-5-14(20)11-16(19-17)18(21)13-6-8-15(22-2)9-7-13/h4-11H,3,12H2,1-2H3. The van der Waals surface area contributed by atoms with Gasteiger partial charge in [-0.1, -0.05) is 0 Å². The lowest BCUT2D eigenvalue weighted by Gasteiger charge is -2.08. The molecule has 5 nitrogen and oxygen atoms in total. The summed E-state index contributed by atoms with van der Waals surface area (Å²) < 4.78 is 12.7. The molecule has 1 aliphatic heterocycles. The number of hydrogen-bond donors (Lipinski definition) is 0. The molecule has 0 saturated carbocycles. The van der Waals surface area contributed by atoms with Crippen molar-refractivity contribution < 1.29 is 14.3 Å². The van der Waals surface area contributed by atoms with E-state index in [2.05, 4.69) is 4.99 Å². The summed E-state index contributed by atoms with van der Waals surface area (Å²) >= 11 is 0. The number of hydrogen-bond acceptors (Lipinski definition) is 4. The van der Waals surface area contributed by atoms with Gasteiger partial charge >= 0.3 is 0 Å². The lowest BCUT2D eigenvalue weighted by atomic mass is 10.1. The van der Waals surface area contributed by atoms with Crippen LogP contribution in [0.1, 0.15) is 23.0 Å². The first-order valence-electron chi connectivity index (χ1n) is 7.47. The lowest BCUT2D eigenvalue weighted by Crippen LogP contribution is -2.13. The van der Waals surface area contributed by atoms with E-state index in [4.69, 9.17) is 9.47 Å². The molecule has 118 valence electrons. The number of benzene rings is 1. The maximum Gasteiger partial charge on any atom is 0.211 e. The molecule has 2 aromatic rings. The fourth-order valence-corrected chi connectivity index (χ4v) is 2.44. The van der Waals surface area contributed by atoms with E-state index in [0.29, 0.717) is 36.1 Å². The van der Waals surface area contributed by atoms with E-state index in [1.54, 1.807) is 37.5 Å². The van der Waals surface area contributed by atoms with Crippen LogP contribution in [0.15, 0.2) is 53.3 Å². The summed E-state index contributed by atoms with van der Waals surface area (Å²) in [5.41, 5.74) is 1.87. The molecule has 2 heterocycles. The van der Waals surface area contributed by atoms with Crippen LogP contribution in [0.25, 0.3) is 6.08 Å². The minimum atomic E-state index is -0.139. The second-order valence-electron chi connectivity index (χ2n) is 5.09. The average molecular weight is 310 g/mol. The van der Waals surface area contributed by atoms with Gasteiger partial charge in [0.2, 0.25) is 11.7 Å². The number of rotatable bonds is 4. The fourth-order valence-electron chi connectivity index (χ4n) is 2.44. The number of allylic oxidation sites excluding steroid dienone is 1. The highest BCUT2D eigenvalue weighted by Crippen LogP contribution is 2.20. The van der Waals surface area contributed by atoms with Gasteiger partial charge in [-0.05, 0) is 49.4 Å². The maximum atomic E-state index is 12.8. The van der Waals surface area contributed by atoms with Gasteiger partial charge in [-0.25, -0.2) is 4.99 Å². The summed E-state index contributed by atoms with van der Waals surface area (Å²) in [7, 11) is 1.59. The minimum Gasteiger partial charge on any atom is -0.497 e. The summed E-state index contributed by atoms with van der Waals surface area (Å²) in [6, 6.07) is 10.9. The van der Waals surface area contributed by atoms with Crippen LogP contribution in [0, 0.1) is 0 Å². The molecule has 1 aliphatic rings. The molecular formula is C18H18N2O3. The van der Waals surface area contributed by atoms with Crippen LogP contribution < -0.4 is 4.74 Å². The molecule has 0 spiro atoms. The Morgan fingerprint density at radius 1 is 1.26 bits per heavy atom.